The number of ether oxygens (including phenoxy) is 1. The van der Waals surface area contributed by atoms with Crippen LogP contribution < -0.4 is 0 Å². The third-order valence-corrected chi connectivity index (χ3v) is 5.08. The van der Waals surface area contributed by atoms with Crippen molar-refractivity contribution in [2.75, 3.05) is 26.5 Å². The van der Waals surface area contributed by atoms with Gasteiger partial charge in [0, 0.05) is 35.9 Å². The molecule has 5 nitrogen and oxygen atoms in total. The average molecular weight is 349 g/mol. The third-order valence-electron chi connectivity index (χ3n) is 4.29. The zero-order valence-electron chi connectivity index (χ0n) is 14.1. The van der Waals surface area contributed by atoms with Crippen molar-refractivity contribution in [2.24, 2.45) is 5.92 Å². The topological polar surface area (TPSA) is 63.7 Å². The smallest absolute Gasteiger partial charge is 0.306 e. The van der Waals surface area contributed by atoms with Crippen LogP contribution in [0.1, 0.15) is 36.0 Å². The number of likely N-dealkylation sites (tertiary alicyclic amines) is 1. The van der Waals surface area contributed by atoms with Crippen molar-refractivity contribution in [1.82, 2.24) is 4.90 Å². The summed E-state index contributed by atoms with van der Waals surface area (Å²) in [7, 11) is 1.31. The van der Waals surface area contributed by atoms with Crippen LogP contribution in [-0.2, 0) is 14.3 Å². The van der Waals surface area contributed by atoms with E-state index in [0.29, 0.717) is 13.1 Å². The summed E-state index contributed by atoms with van der Waals surface area (Å²) in [5.74, 6) is -0.544. The molecule has 1 aromatic carbocycles. The predicted molar refractivity (Wildman–Crippen MR) is 93.1 cm³/mol. The lowest BCUT2D eigenvalue weighted by atomic mass is 9.89. The number of rotatable bonds is 6. The number of benzene rings is 1. The molecule has 0 aliphatic carbocycles. The van der Waals surface area contributed by atoms with Gasteiger partial charge < -0.3 is 9.64 Å². The first-order valence-electron chi connectivity index (χ1n) is 8.08. The van der Waals surface area contributed by atoms with Gasteiger partial charge in [-0.05, 0) is 25.2 Å². The minimum Gasteiger partial charge on any atom is -0.469 e. The Morgan fingerprint density at radius 1 is 1.25 bits per heavy atom. The van der Waals surface area contributed by atoms with Crippen LogP contribution in [0.2, 0.25) is 0 Å². The van der Waals surface area contributed by atoms with Crippen LogP contribution in [0.4, 0.5) is 0 Å². The first-order valence-corrected chi connectivity index (χ1v) is 9.31. The van der Waals surface area contributed by atoms with Crippen LogP contribution in [-0.4, -0.2) is 49.0 Å². The van der Waals surface area contributed by atoms with Crippen LogP contribution in [0, 0.1) is 5.92 Å². The van der Waals surface area contributed by atoms with E-state index in [4.69, 9.17) is 0 Å². The molecule has 1 aliphatic heterocycles. The number of thioether (sulfide) groups is 1. The van der Waals surface area contributed by atoms with Gasteiger partial charge in [-0.25, -0.2) is 0 Å². The second kappa shape index (κ2) is 8.87. The van der Waals surface area contributed by atoms with E-state index >= 15 is 0 Å². The van der Waals surface area contributed by atoms with E-state index in [9.17, 15) is 14.4 Å². The number of amides is 1. The van der Waals surface area contributed by atoms with E-state index in [1.54, 1.807) is 16.7 Å². The quantitative estimate of drug-likeness (QED) is 0.449. The molecule has 1 amide bonds. The van der Waals surface area contributed by atoms with Crippen LogP contribution >= 0.6 is 11.8 Å². The molecule has 0 radical (unpaired) electrons. The summed E-state index contributed by atoms with van der Waals surface area (Å²) >= 11 is 1.56. The molecule has 1 heterocycles. The third kappa shape index (κ3) is 4.60. The van der Waals surface area contributed by atoms with E-state index in [-0.39, 0.29) is 36.4 Å². The highest BCUT2D eigenvalue weighted by Crippen LogP contribution is 2.27. The standard InChI is InChI=1S/C18H23NO4S/c1-23-17(21)10-9-16(20)19-11-5-6-13(12-19)18(22)14-7-3-4-8-15(14)24-2/h3-4,7-8,13H,5-6,9-12H2,1-2H3/t13-/m1/s1. The second-order valence-electron chi connectivity index (χ2n) is 5.82. The molecule has 130 valence electrons. The molecule has 0 N–H and O–H groups in total. The van der Waals surface area contributed by atoms with Crippen LogP contribution in [0.15, 0.2) is 29.2 Å². The molecule has 0 spiro atoms. The molecular formula is C18H23NO4S. The van der Waals surface area contributed by atoms with E-state index in [1.165, 1.54) is 7.11 Å². The molecule has 1 aromatic rings. The molecule has 24 heavy (non-hydrogen) atoms. The van der Waals surface area contributed by atoms with Gasteiger partial charge in [-0.1, -0.05) is 18.2 Å². The summed E-state index contributed by atoms with van der Waals surface area (Å²) in [4.78, 5) is 38.9. The highest BCUT2D eigenvalue weighted by atomic mass is 32.2. The number of Topliss-reactive ketones (excluding diaryl/α,β-unsaturated/α-hetero) is 1. The maximum Gasteiger partial charge on any atom is 0.306 e. The molecule has 0 unspecified atom stereocenters. The summed E-state index contributed by atoms with van der Waals surface area (Å²) in [6.45, 7) is 1.08. The Labute approximate surface area is 146 Å². The monoisotopic (exact) mass is 349 g/mol. The predicted octanol–water partition coefficient (Wildman–Crippen LogP) is 2.78. The number of carbonyl (C=O) groups is 3. The summed E-state index contributed by atoms with van der Waals surface area (Å²) in [5, 5.41) is 0. The second-order valence-corrected chi connectivity index (χ2v) is 6.67. The van der Waals surface area contributed by atoms with Gasteiger partial charge in [-0.15, -0.1) is 11.8 Å². The Kier molecular flexibility index (Phi) is 6.85. The van der Waals surface area contributed by atoms with Gasteiger partial charge in [0.25, 0.3) is 0 Å². The van der Waals surface area contributed by atoms with Gasteiger partial charge in [0.2, 0.25) is 5.91 Å². The maximum absolute atomic E-state index is 12.8. The molecule has 0 bridgehead atoms. The van der Waals surface area contributed by atoms with Gasteiger partial charge in [0.15, 0.2) is 5.78 Å². The summed E-state index contributed by atoms with van der Waals surface area (Å²) in [6.07, 6.45) is 3.77. The first-order chi connectivity index (χ1) is 11.6. The van der Waals surface area contributed by atoms with Crippen molar-refractivity contribution in [3.63, 3.8) is 0 Å². The lowest BCUT2D eigenvalue weighted by molar-refractivity contribution is -0.144. The highest BCUT2D eigenvalue weighted by molar-refractivity contribution is 7.98. The van der Waals surface area contributed by atoms with E-state index in [1.807, 2.05) is 30.5 Å². The van der Waals surface area contributed by atoms with Crippen molar-refractivity contribution in [3.8, 4) is 0 Å². The number of methoxy groups -OCH3 is 1. The number of hydrogen-bond donors (Lipinski definition) is 0. The Morgan fingerprint density at radius 3 is 2.71 bits per heavy atom. The number of esters is 1. The Hall–Kier alpha value is -1.82. The van der Waals surface area contributed by atoms with Crippen molar-refractivity contribution < 1.29 is 19.1 Å². The minimum absolute atomic E-state index is 0.0831. The lowest BCUT2D eigenvalue weighted by Crippen LogP contribution is -2.42. The van der Waals surface area contributed by atoms with Crippen LogP contribution in [0.25, 0.3) is 0 Å². The van der Waals surface area contributed by atoms with Gasteiger partial charge in [-0.3, -0.25) is 14.4 Å². The summed E-state index contributed by atoms with van der Waals surface area (Å²) in [6, 6.07) is 7.59. The van der Waals surface area contributed by atoms with Gasteiger partial charge in [0.1, 0.15) is 0 Å². The number of ketones is 1. The number of nitrogens with zero attached hydrogens (tertiary/aromatic N) is 1. The van der Waals surface area contributed by atoms with Gasteiger partial charge in [0.05, 0.1) is 13.5 Å². The minimum atomic E-state index is -0.387. The zero-order valence-corrected chi connectivity index (χ0v) is 14.9. The molecule has 0 saturated carbocycles. The summed E-state index contributed by atoms with van der Waals surface area (Å²) in [5.41, 5.74) is 0.735. The zero-order chi connectivity index (χ0) is 17.5. The Balaban J connectivity index is 2.01. The molecule has 1 atom stereocenters. The molecular weight excluding hydrogens is 326 g/mol. The van der Waals surface area contributed by atoms with E-state index < -0.39 is 0 Å². The maximum atomic E-state index is 12.8. The fraction of sp³-hybridized carbons (Fsp3) is 0.500. The van der Waals surface area contributed by atoms with Crippen molar-refractivity contribution in [3.05, 3.63) is 29.8 Å². The highest BCUT2D eigenvalue weighted by Gasteiger charge is 2.29. The Morgan fingerprint density at radius 2 is 2.00 bits per heavy atom. The fourth-order valence-electron chi connectivity index (χ4n) is 2.95. The van der Waals surface area contributed by atoms with Crippen LogP contribution in [0.3, 0.4) is 0 Å². The summed E-state index contributed by atoms with van der Waals surface area (Å²) < 4.78 is 4.56. The van der Waals surface area contributed by atoms with E-state index in [0.717, 1.165) is 23.3 Å². The van der Waals surface area contributed by atoms with Crippen molar-refractivity contribution in [2.45, 2.75) is 30.6 Å². The molecule has 1 fully saturated rings. The molecule has 6 heteroatoms. The first kappa shape index (κ1) is 18.5. The van der Waals surface area contributed by atoms with Crippen molar-refractivity contribution in [1.29, 1.82) is 0 Å². The SMILES string of the molecule is COC(=O)CCC(=O)N1CCC[C@@H](C(=O)c2ccccc2SC)C1. The number of hydrogen-bond acceptors (Lipinski definition) is 5. The number of piperidine rings is 1. The molecule has 1 aliphatic rings. The van der Waals surface area contributed by atoms with E-state index in [2.05, 4.69) is 4.74 Å². The van der Waals surface area contributed by atoms with Gasteiger partial charge >= 0.3 is 5.97 Å². The van der Waals surface area contributed by atoms with Crippen LogP contribution in [0.5, 0.6) is 0 Å². The normalized spacial score (nSPS) is 17.4. The van der Waals surface area contributed by atoms with Crippen molar-refractivity contribution >= 4 is 29.4 Å². The molecule has 1 saturated heterocycles. The lowest BCUT2D eigenvalue weighted by Gasteiger charge is -2.32. The molecule has 2 rings (SSSR count). The average Bonchev–Trinajstić information content (AvgIpc) is 2.65. The molecule has 0 aromatic heterocycles. The largest absolute Gasteiger partial charge is 0.469 e. The number of carbonyl (C=O) groups excluding carboxylic acids is 3. The fourth-order valence-corrected chi connectivity index (χ4v) is 3.56. The Bertz CT molecular complexity index is 617. The van der Waals surface area contributed by atoms with Gasteiger partial charge in [-0.2, -0.15) is 0 Å².